The van der Waals surface area contributed by atoms with Crippen molar-refractivity contribution in [3.8, 4) is 6.07 Å². The molecule has 0 spiro atoms. The highest BCUT2D eigenvalue weighted by molar-refractivity contribution is 5.65. The number of aromatic nitrogens is 4. The van der Waals surface area contributed by atoms with Crippen LogP contribution in [0.5, 0.6) is 0 Å². The van der Waals surface area contributed by atoms with E-state index in [1.807, 2.05) is 42.9 Å². The van der Waals surface area contributed by atoms with Gasteiger partial charge < -0.3 is 4.40 Å². The van der Waals surface area contributed by atoms with E-state index in [-0.39, 0.29) is 0 Å². The number of fused-ring (bicyclic) bond motifs is 1. The first-order valence-corrected chi connectivity index (χ1v) is 9.26. The fraction of sp³-hybridized carbons (Fsp3) is 0.450. The minimum Gasteiger partial charge on any atom is -0.322 e. The van der Waals surface area contributed by atoms with E-state index >= 15 is 0 Å². The van der Waals surface area contributed by atoms with Crippen molar-refractivity contribution in [3.05, 3.63) is 53.4 Å². The van der Waals surface area contributed by atoms with Crippen LogP contribution in [-0.2, 0) is 13.1 Å². The van der Waals surface area contributed by atoms with Crippen LogP contribution in [0.3, 0.4) is 0 Å². The molecule has 0 aromatic carbocycles. The molecule has 0 amide bonds. The predicted octanol–water partition coefficient (Wildman–Crippen LogP) is 3.07. The minimum absolute atomic E-state index is 0.429. The summed E-state index contributed by atoms with van der Waals surface area (Å²) in [4.78, 5) is 6.94. The monoisotopic (exact) mass is 348 g/mol. The van der Waals surface area contributed by atoms with Gasteiger partial charge in [-0.05, 0) is 45.4 Å². The Labute approximate surface area is 153 Å². The van der Waals surface area contributed by atoms with Gasteiger partial charge in [0.2, 0.25) is 0 Å². The molecule has 6 nitrogen and oxygen atoms in total. The summed E-state index contributed by atoms with van der Waals surface area (Å²) in [5.41, 5.74) is 2.89. The first-order valence-electron chi connectivity index (χ1n) is 9.26. The van der Waals surface area contributed by atoms with Crippen LogP contribution in [0.2, 0.25) is 0 Å². The SMILES string of the molecule is Cc1nc(C)n(CC2CCCCN2Cc2cn3ccccc3c2C#N)n1. The lowest BCUT2D eigenvalue weighted by atomic mass is 10.0. The predicted molar refractivity (Wildman–Crippen MR) is 99.7 cm³/mol. The zero-order valence-corrected chi connectivity index (χ0v) is 15.4. The van der Waals surface area contributed by atoms with E-state index in [1.54, 1.807) is 0 Å². The fourth-order valence-corrected chi connectivity index (χ4v) is 4.05. The van der Waals surface area contributed by atoms with Gasteiger partial charge in [0.1, 0.15) is 17.7 Å². The number of hydrogen-bond donors (Lipinski definition) is 0. The van der Waals surface area contributed by atoms with Crippen LogP contribution in [0.4, 0.5) is 0 Å². The van der Waals surface area contributed by atoms with Crippen LogP contribution in [0.1, 0.15) is 42.0 Å². The summed E-state index contributed by atoms with van der Waals surface area (Å²) in [7, 11) is 0. The van der Waals surface area contributed by atoms with Gasteiger partial charge in [-0.15, -0.1) is 0 Å². The maximum Gasteiger partial charge on any atom is 0.147 e. The van der Waals surface area contributed by atoms with Gasteiger partial charge in [0.05, 0.1) is 17.6 Å². The van der Waals surface area contributed by atoms with Crippen LogP contribution in [-0.4, -0.2) is 36.7 Å². The van der Waals surface area contributed by atoms with E-state index in [4.69, 9.17) is 0 Å². The minimum atomic E-state index is 0.429. The molecule has 1 fully saturated rings. The third-order valence-corrected chi connectivity index (χ3v) is 5.34. The Morgan fingerprint density at radius 2 is 2.15 bits per heavy atom. The average molecular weight is 348 g/mol. The van der Waals surface area contributed by atoms with Gasteiger partial charge in [0.25, 0.3) is 0 Å². The zero-order valence-electron chi connectivity index (χ0n) is 15.4. The standard InChI is InChI=1S/C20H24N6/c1-15-22-16(2)26(23-15)14-18-7-3-5-9-24(18)12-17-13-25-10-6-4-8-20(25)19(17)11-21/h4,6,8,10,13,18H,3,5,7,9,12,14H2,1-2H3. The highest BCUT2D eigenvalue weighted by Crippen LogP contribution is 2.25. The molecule has 6 heteroatoms. The van der Waals surface area contributed by atoms with Crippen LogP contribution in [0.25, 0.3) is 5.52 Å². The molecule has 4 rings (SSSR count). The Bertz CT molecular complexity index is 960. The number of hydrogen-bond acceptors (Lipinski definition) is 4. The number of piperidine rings is 1. The van der Waals surface area contributed by atoms with Crippen molar-refractivity contribution in [2.45, 2.75) is 52.2 Å². The molecular formula is C20H24N6. The summed E-state index contributed by atoms with van der Waals surface area (Å²) in [6, 6.07) is 8.83. The van der Waals surface area contributed by atoms with Gasteiger partial charge in [-0.3, -0.25) is 4.90 Å². The molecule has 26 heavy (non-hydrogen) atoms. The second-order valence-electron chi connectivity index (χ2n) is 7.14. The van der Waals surface area contributed by atoms with E-state index in [0.717, 1.165) is 54.3 Å². The summed E-state index contributed by atoms with van der Waals surface area (Å²) in [6.45, 7) is 6.69. The van der Waals surface area contributed by atoms with E-state index in [9.17, 15) is 5.26 Å². The van der Waals surface area contributed by atoms with Gasteiger partial charge >= 0.3 is 0 Å². The molecule has 3 aromatic heterocycles. The first kappa shape index (κ1) is 16.8. The van der Waals surface area contributed by atoms with E-state index in [2.05, 4.69) is 31.6 Å². The van der Waals surface area contributed by atoms with Gasteiger partial charge in [-0.1, -0.05) is 12.5 Å². The second-order valence-corrected chi connectivity index (χ2v) is 7.14. The Hall–Kier alpha value is -2.65. The number of pyridine rings is 1. The van der Waals surface area contributed by atoms with Crippen LogP contribution < -0.4 is 0 Å². The molecule has 0 saturated carbocycles. The molecular weight excluding hydrogens is 324 g/mol. The molecule has 0 N–H and O–H groups in total. The number of nitriles is 1. The number of rotatable bonds is 4. The van der Waals surface area contributed by atoms with E-state index in [1.165, 1.54) is 12.8 Å². The Kier molecular flexibility index (Phi) is 4.48. The van der Waals surface area contributed by atoms with Crippen molar-refractivity contribution in [2.75, 3.05) is 6.54 Å². The largest absolute Gasteiger partial charge is 0.322 e. The lowest BCUT2D eigenvalue weighted by Crippen LogP contribution is -2.42. The molecule has 0 radical (unpaired) electrons. The normalized spacial score (nSPS) is 18.3. The third-order valence-electron chi connectivity index (χ3n) is 5.34. The van der Waals surface area contributed by atoms with E-state index in [0.29, 0.717) is 6.04 Å². The fourth-order valence-electron chi connectivity index (χ4n) is 4.05. The Morgan fingerprint density at radius 1 is 1.27 bits per heavy atom. The van der Waals surface area contributed by atoms with Crippen molar-refractivity contribution in [1.82, 2.24) is 24.1 Å². The van der Waals surface area contributed by atoms with Crippen molar-refractivity contribution < 1.29 is 0 Å². The van der Waals surface area contributed by atoms with Crippen molar-refractivity contribution in [1.29, 1.82) is 5.26 Å². The summed E-state index contributed by atoms with van der Waals surface area (Å²) < 4.78 is 4.08. The van der Waals surface area contributed by atoms with Gasteiger partial charge in [-0.25, -0.2) is 9.67 Å². The molecule has 1 aliphatic heterocycles. The maximum absolute atomic E-state index is 9.67. The zero-order chi connectivity index (χ0) is 18.1. The summed E-state index contributed by atoms with van der Waals surface area (Å²) >= 11 is 0. The lowest BCUT2D eigenvalue weighted by molar-refractivity contribution is 0.121. The number of aryl methyl sites for hydroxylation is 2. The molecule has 1 atom stereocenters. The second kappa shape index (κ2) is 6.93. The molecule has 3 aromatic rings. The quantitative estimate of drug-likeness (QED) is 0.727. The van der Waals surface area contributed by atoms with Crippen LogP contribution >= 0.6 is 0 Å². The van der Waals surface area contributed by atoms with E-state index < -0.39 is 0 Å². The highest BCUT2D eigenvalue weighted by atomic mass is 15.4. The molecule has 1 unspecified atom stereocenters. The molecule has 134 valence electrons. The smallest absolute Gasteiger partial charge is 0.147 e. The first-order chi connectivity index (χ1) is 12.7. The molecule has 1 aliphatic rings. The van der Waals surface area contributed by atoms with Crippen LogP contribution in [0, 0.1) is 25.2 Å². The topological polar surface area (TPSA) is 62.2 Å². The lowest BCUT2D eigenvalue weighted by Gasteiger charge is -2.35. The average Bonchev–Trinajstić information content (AvgIpc) is 3.15. The van der Waals surface area contributed by atoms with Gasteiger partial charge in [0.15, 0.2) is 0 Å². The molecule has 0 aliphatic carbocycles. The van der Waals surface area contributed by atoms with Crippen molar-refractivity contribution in [2.24, 2.45) is 0 Å². The van der Waals surface area contributed by atoms with Crippen molar-refractivity contribution >= 4 is 5.52 Å². The van der Waals surface area contributed by atoms with Gasteiger partial charge in [0, 0.05) is 30.5 Å². The summed E-state index contributed by atoms with van der Waals surface area (Å²) in [6.07, 6.45) is 7.73. The highest BCUT2D eigenvalue weighted by Gasteiger charge is 2.25. The molecule has 1 saturated heterocycles. The third kappa shape index (κ3) is 3.11. The Balaban J connectivity index is 1.59. The summed E-state index contributed by atoms with van der Waals surface area (Å²) in [5, 5.41) is 14.2. The Morgan fingerprint density at radius 3 is 2.92 bits per heavy atom. The van der Waals surface area contributed by atoms with Crippen LogP contribution in [0.15, 0.2) is 30.6 Å². The number of likely N-dealkylation sites (tertiary alicyclic amines) is 1. The maximum atomic E-state index is 9.67. The molecule has 0 bridgehead atoms. The van der Waals surface area contributed by atoms with Crippen molar-refractivity contribution in [3.63, 3.8) is 0 Å². The number of nitrogens with zero attached hydrogens (tertiary/aromatic N) is 6. The molecule has 4 heterocycles. The summed E-state index contributed by atoms with van der Waals surface area (Å²) in [5.74, 6) is 1.80. The van der Waals surface area contributed by atoms with Gasteiger partial charge in [-0.2, -0.15) is 10.4 Å².